The van der Waals surface area contributed by atoms with Crippen molar-refractivity contribution >= 4 is 23.4 Å². The summed E-state index contributed by atoms with van der Waals surface area (Å²) in [5.74, 6) is 0.772. The van der Waals surface area contributed by atoms with E-state index >= 15 is 0 Å². The number of hydrogen-bond acceptors (Lipinski definition) is 7. The van der Waals surface area contributed by atoms with Crippen LogP contribution < -0.4 is 17.0 Å². The molecule has 0 spiro atoms. The second-order valence-corrected chi connectivity index (χ2v) is 8.79. The van der Waals surface area contributed by atoms with E-state index in [1.54, 1.807) is 6.08 Å². The zero-order chi connectivity index (χ0) is 22.5. The van der Waals surface area contributed by atoms with Gasteiger partial charge in [-0.25, -0.2) is 4.79 Å². The largest absolute Gasteiger partial charge is 0.384 e. The number of carbonyl (C=O) groups is 1. The third-order valence-electron chi connectivity index (χ3n) is 5.67. The Kier molecular flexibility index (Phi) is 7.53. The number of allylic oxidation sites excluding steroid dienone is 1. The Balaban J connectivity index is 1.86. The first-order valence-electron chi connectivity index (χ1n) is 10.7. The van der Waals surface area contributed by atoms with Crippen LogP contribution in [0, 0.1) is 0 Å². The van der Waals surface area contributed by atoms with Gasteiger partial charge in [0, 0.05) is 26.1 Å². The Morgan fingerprint density at radius 1 is 1.23 bits per heavy atom. The van der Waals surface area contributed by atoms with Crippen LogP contribution in [-0.4, -0.2) is 35.4 Å². The number of anilines is 1. The lowest BCUT2D eigenvalue weighted by Crippen LogP contribution is -2.42. The molecule has 10 heteroatoms. The average molecular weight is 447 g/mol. The maximum absolute atomic E-state index is 13.0. The predicted octanol–water partition coefficient (Wildman–Crippen LogP) is 2.34. The molecule has 1 aliphatic carbocycles. The number of ketones is 1. The van der Waals surface area contributed by atoms with Gasteiger partial charge in [0.1, 0.15) is 17.2 Å². The maximum atomic E-state index is 13.0. The van der Waals surface area contributed by atoms with Crippen molar-refractivity contribution in [1.29, 1.82) is 0 Å². The van der Waals surface area contributed by atoms with Gasteiger partial charge in [-0.15, -0.1) is 16.8 Å². The van der Waals surface area contributed by atoms with Crippen LogP contribution in [-0.2, 0) is 20.1 Å². The van der Waals surface area contributed by atoms with Crippen LogP contribution in [0.5, 0.6) is 0 Å². The summed E-state index contributed by atoms with van der Waals surface area (Å²) >= 11 is 1.22. The van der Waals surface area contributed by atoms with E-state index in [0.717, 1.165) is 23.2 Å². The van der Waals surface area contributed by atoms with E-state index in [4.69, 9.17) is 5.73 Å². The second-order valence-electron chi connectivity index (χ2n) is 7.85. The number of thioether (sulfide) groups is 1. The molecule has 9 nitrogen and oxygen atoms in total. The fourth-order valence-corrected chi connectivity index (χ4v) is 4.88. The molecule has 0 radical (unpaired) electrons. The van der Waals surface area contributed by atoms with E-state index in [1.807, 2.05) is 11.5 Å². The number of carbonyl (C=O) groups excluding carboxylic acids is 1. The predicted molar refractivity (Wildman–Crippen MR) is 122 cm³/mol. The van der Waals surface area contributed by atoms with E-state index in [0.29, 0.717) is 30.6 Å². The highest BCUT2D eigenvalue weighted by molar-refractivity contribution is 7.99. The maximum Gasteiger partial charge on any atom is 0.332 e. The van der Waals surface area contributed by atoms with E-state index < -0.39 is 17.0 Å². The first-order valence-corrected chi connectivity index (χ1v) is 11.7. The molecule has 0 unspecified atom stereocenters. The SMILES string of the molecule is C=CCn1c(SCC(=O)c2c(N)n(CCC)c(=O)n(C)c2=O)nnc1C1CCCCC1. The number of nitrogen functional groups attached to an aromatic ring is 1. The number of nitrogens with zero attached hydrogens (tertiary/aromatic N) is 5. The zero-order valence-electron chi connectivity index (χ0n) is 18.2. The molecule has 1 saturated carbocycles. The Labute approximate surface area is 185 Å². The smallest absolute Gasteiger partial charge is 0.332 e. The van der Waals surface area contributed by atoms with Crippen molar-refractivity contribution in [3.63, 3.8) is 0 Å². The summed E-state index contributed by atoms with van der Waals surface area (Å²) < 4.78 is 4.21. The Morgan fingerprint density at radius 2 is 1.94 bits per heavy atom. The average Bonchev–Trinajstić information content (AvgIpc) is 3.17. The minimum Gasteiger partial charge on any atom is -0.384 e. The highest BCUT2D eigenvalue weighted by atomic mass is 32.2. The molecule has 2 aromatic rings. The standard InChI is InChI=1S/C21H30N6O3S/c1-4-11-26-17(22)16(19(29)25(3)21(26)30)15(28)13-31-20-24-23-18(27(20)12-5-2)14-9-7-6-8-10-14/h5,14H,2,4,6-13,22H2,1,3H3. The van der Waals surface area contributed by atoms with Crippen molar-refractivity contribution in [2.24, 2.45) is 7.05 Å². The normalized spacial score (nSPS) is 14.6. The van der Waals surface area contributed by atoms with Crippen molar-refractivity contribution in [1.82, 2.24) is 23.9 Å². The summed E-state index contributed by atoms with van der Waals surface area (Å²) in [6.07, 6.45) is 8.23. The molecule has 0 amide bonds. The van der Waals surface area contributed by atoms with Gasteiger partial charge >= 0.3 is 5.69 Å². The summed E-state index contributed by atoms with van der Waals surface area (Å²) in [4.78, 5) is 37.9. The van der Waals surface area contributed by atoms with Crippen molar-refractivity contribution in [3.05, 3.63) is 44.9 Å². The molecule has 31 heavy (non-hydrogen) atoms. The van der Waals surface area contributed by atoms with Crippen LogP contribution in [0.4, 0.5) is 5.82 Å². The fourth-order valence-electron chi connectivity index (χ4n) is 4.06. The molecule has 0 saturated heterocycles. The number of hydrogen-bond donors (Lipinski definition) is 1. The van der Waals surface area contributed by atoms with Gasteiger partial charge in [-0.3, -0.25) is 18.7 Å². The molecule has 1 fully saturated rings. The number of Topliss-reactive ketones (excluding diaryl/α,β-unsaturated/α-hetero) is 1. The van der Waals surface area contributed by atoms with Gasteiger partial charge in [0.15, 0.2) is 10.9 Å². The van der Waals surface area contributed by atoms with Gasteiger partial charge in [-0.05, 0) is 19.3 Å². The summed E-state index contributed by atoms with van der Waals surface area (Å²) in [7, 11) is 1.36. The van der Waals surface area contributed by atoms with Crippen molar-refractivity contribution in [2.45, 2.75) is 69.6 Å². The molecular weight excluding hydrogens is 416 g/mol. The Bertz CT molecular complexity index is 1080. The third kappa shape index (κ3) is 4.68. The van der Waals surface area contributed by atoms with Crippen LogP contribution in [0.1, 0.15) is 67.5 Å². The monoisotopic (exact) mass is 446 g/mol. The summed E-state index contributed by atoms with van der Waals surface area (Å²) in [5.41, 5.74) is 4.73. The van der Waals surface area contributed by atoms with Crippen molar-refractivity contribution in [2.75, 3.05) is 11.5 Å². The molecule has 1 aliphatic rings. The molecule has 3 rings (SSSR count). The molecular formula is C21H30N6O3S. The highest BCUT2D eigenvalue weighted by Crippen LogP contribution is 2.33. The van der Waals surface area contributed by atoms with E-state index in [2.05, 4.69) is 16.8 Å². The molecule has 0 aliphatic heterocycles. The second kappa shape index (κ2) is 10.1. The van der Waals surface area contributed by atoms with Gasteiger partial charge in [0.05, 0.1) is 5.75 Å². The van der Waals surface area contributed by atoms with Crippen LogP contribution in [0.15, 0.2) is 27.4 Å². The van der Waals surface area contributed by atoms with Gasteiger partial charge in [-0.2, -0.15) is 0 Å². The lowest BCUT2D eigenvalue weighted by molar-refractivity contribution is 0.102. The minimum absolute atomic E-state index is 0.0241. The third-order valence-corrected chi connectivity index (χ3v) is 6.64. The van der Waals surface area contributed by atoms with Crippen molar-refractivity contribution < 1.29 is 4.79 Å². The lowest BCUT2D eigenvalue weighted by atomic mass is 9.89. The highest BCUT2D eigenvalue weighted by Gasteiger charge is 2.25. The quantitative estimate of drug-likeness (QED) is 0.357. The van der Waals surface area contributed by atoms with Crippen molar-refractivity contribution in [3.8, 4) is 0 Å². The van der Waals surface area contributed by atoms with E-state index in [-0.39, 0.29) is 17.1 Å². The topological polar surface area (TPSA) is 118 Å². The Morgan fingerprint density at radius 3 is 2.58 bits per heavy atom. The molecule has 0 aromatic carbocycles. The molecule has 2 heterocycles. The summed E-state index contributed by atoms with van der Waals surface area (Å²) in [5, 5.41) is 9.33. The van der Waals surface area contributed by atoms with Crippen LogP contribution >= 0.6 is 11.8 Å². The summed E-state index contributed by atoms with van der Waals surface area (Å²) in [6, 6.07) is 0. The first-order chi connectivity index (χ1) is 14.9. The number of nitrogens with two attached hydrogens (primary N) is 1. The van der Waals surface area contributed by atoms with Gasteiger partial charge < -0.3 is 10.3 Å². The molecule has 2 N–H and O–H groups in total. The van der Waals surface area contributed by atoms with E-state index in [9.17, 15) is 14.4 Å². The van der Waals surface area contributed by atoms with Crippen LogP contribution in [0.2, 0.25) is 0 Å². The lowest BCUT2D eigenvalue weighted by Gasteiger charge is -2.21. The molecule has 168 valence electrons. The fraction of sp³-hybridized carbons (Fsp3) is 0.571. The molecule has 2 aromatic heterocycles. The van der Waals surface area contributed by atoms with Gasteiger partial charge in [-0.1, -0.05) is 44.0 Å². The number of rotatable bonds is 9. The summed E-state index contributed by atoms with van der Waals surface area (Å²) in [6.45, 7) is 6.62. The first kappa shape index (κ1) is 23.1. The van der Waals surface area contributed by atoms with Crippen LogP contribution in [0.3, 0.4) is 0 Å². The van der Waals surface area contributed by atoms with E-state index in [1.165, 1.54) is 42.6 Å². The van der Waals surface area contributed by atoms with Gasteiger partial charge in [0.25, 0.3) is 5.56 Å². The van der Waals surface area contributed by atoms with Gasteiger partial charge in [0.2, 0.25) is 0 Å². The zero-order valence-corrected chi connectivity index (χ0v) is 19.0. The van der Waals surface area contributed by atoms with Crippen LogP contribution in [0.25, 0.3) is 0 Å². The number of aromatic nitrogens is 5. The molecule has 0 atom stereocenters. The Hall–Kier alpha value is -2.62. The molecule has 0 bridgehead atoms. The minimum atomic E-state index is -0.670.